The molecule has 3 rings (SSSR count). The number of ether oxygens (including phenoxy) is 1. The van der Waals surface area contributed by atoms with Crippen molar-refractivity contribution in [3.63, 3.8) is 0 Å². The number of hydrogen-bond donors (Lipinski definition) is 0. The van der Waals surface area contributed by atoms with E-state index < -0.39 is 0 Å². The molecule has 120 valence electrons. The molecule has 1 aromatic rings. The molecule has 2 fully saturated rings. The molecular formula is C19H27NO2. The van der Waals surface area contributed by atoms with Crippen LogP contribution in [0.1, 0.15) is 56.3 Å². The molecule has 1 atom stereocenters. The van der Waals surface area contributed by atoms with Crippen LogP contribution in [0.25, 0.3) is 0 Å². The molecule has 0 spiro atoms. The second kappa shape index (κ2) is 6.82. The molecule has 1 aromatic carbocycles. The highest BCUT2D eigenvalue weighted by Gasteiger charge is 2.32. The summed E-state index contributed by atoms with van der Waals surface area (Å²) in [5.74, 6) is 1.24. The maximum Gasteiger partial charge on any atom is 0.167 e. The first-order valence-electron chi connectivity index (χ1n) is 8.68. The number of hydrogen-bond acceptors (Lipinski definition) is 3. The molecular weight excluding hydrogens is 274 g/mol. The van der Waals surface area contributed by atoms with Crippen LogP contribution in [0.4, 0.5) is 0 Å². The van der Waals surface area contributed by atoms with E-state index in [1.807, 2.05) is 38.1 Å². The molecule has 0 bridgehead atoms. The van der Waals surface area contributed by atoms with Crippen LogP contribution < -0.4 is 4.74 Å². The smallest absolute Gasteiger partial charge is 0.167 e. The van der Waals surface area contributed by atoms with Crippen molar-refractivity contribution < 1.29 is 9.53 Å². The Bertz CT molecular complexity index is 522. The minimum Gasteiger partial charge on any atom is -0.491 e. The van der Waals surface area contributed by atoms with Gasteiger partial charge in [0.2, 0.25) is 0 Å². The topological polar surface area (TPSA) is 29.5 Å². The summed E-state index contributed by atoms with van der Waals surface area (Å²) >= 11 is 0. The fourth-order valence-electron chi connectivity index (χ4n) is 3.53. The first-order valence-corrected chi connectivity index (χ1v) is 8.68. The summed E-state index contributed by atoms with van der Waals surface area (Å²) in [6.07, 6.45) is 6.30. The third kappa shape index (κ3) is 3.52. The van der Waals surface area contributed by atoms with Gasteiger partial charge in [0.15, 0.2) is 5.78 Å². The van der Waals surface area contributed by atoms with Gasteiger partial charge in [0, 0.05) is 24.1 Å². The van der Waals surface area contributed by atoms with E-state index in [9.17, 15) is 4.79 Å². The molecule has 22 heavy (non-hydrogen) atoms. The van der Waals surface area contributed by atoms with Crippen LogP contribution in [0.15, 0.2) is 24.3 Å². The minimum absolute atomic E-state index is 0.133. The summed E-state index contributed by atoms with van der Waals surface area (Å²) in [6.45, 7) is 6.13. The third-order valence-corrected chi connectivity index (χ3v) is 4.91. The Morgan fingerprint density at radius 2 is 2.05 bits per heavy atom. The first kappa shape index (κ1) is 15.5. The Labute approximate surface area is 133 Å². The average molecular weight is 301 g/mol. The molecule has 1 aliphatic carbocycles. The maximum atomic E-state index is 12.8. The van der Waals surface area contributed by atoms with E-state index in [0.29, 0.717) is 5.78 Å². The highest BCUT2D eigenvalue weighted by Crippen LogP contribution is 2.30. The van der Waals surface area contributed by atoms with Gasteiger partial charge in [0.25, 0.3) is 0 Å². The molecule has 3 nitrogen and oxygen atoms in total. The Morgan fingerprint density at radius 1 is 1.23 bits per heavy atom. The predicted molar refractivity (Wildman–Crippen MR) is 88.5 cm³/mol. The monoisotopic (exact) mass is 301 g/mol. The van der Waals surface area contributed by atoms with Crippen molar-refractivity contribution in [3.8, 4) is 5.75 Å². The zero-order valence-corrected chi connectivity index (χ0v) is 13.8. The van der Waals surface area contributed by atoms with Gasteiger partial charge < -0.3 is 4.74 Å². The van der Waals surface area contributed by atoms with Gasteiger partial charge in [-0.1, -0.05) is 18.6 Å². The Kier molecular flexibility index (Phi) is 4.82. The van der Waals surface area contributed by atoms with Crippen LogP contribution in [-0.4, -0.2) is 35.9 Å². The number of benzene rings is 1. The molecule has 0 amide bonds. The van der Waals surface area contributed by atoms with E-state index in [2.05, 4.69) is 4.90 Å². The Balaban J connectivity index is 1.67. The second-order valence-electron chi connectivity index (χ2n) is 6.98. The number of carbonyl (C=O) groups is 1. The van der Waals surface area contributed by atoms with Crippen LogP contribution in [0.3, 0.4) is 0 Å². The number of nitrogens with zero attached hydrogens (tertiary/aromatic N) is 1. The third-order valence-electron chi connectivity index (χ3n) is 4.91. The highest BCUT2D eigenvalue weighted by atomic mass is 16.5. The number of carbonyl (C=O) groups excluding carboxylic acids is 1. The molecule has 3 heteroatoms. The zero-order chi connectivity index (χ0) is 15.5. The van der Waals surface area contributed by atoms with Gasteiger partial charge in [-0.3, -0.25) is 9.69 Å². The number of rotatable bonds is 5. The van der Waals surface area contributed by atoms with Gasteiger partial charge in [-0.2, -0.15) is 0 Å². The number of piperidine rings is 1. The van der Waals surface area contributed by atoms with Crippen LogP contribution in [0.2, 0.25) is 0 Å². The Hall–Kier alpha value is -1.35. The van der Waals surface area contributed by atoms with Crippen molar-refractivity contribution in [1.29, 1.82) is 0 Å². The molecule has 0 radical (unpaired) electrons. The molecule has 1 saturated heterocycles. The van der Waals surface area contributed by atoms with Crippen molar-refractivity contribution in [2.75, 3.05) is 13.1 Å². The van der Waals surface area contributed by atoms with Crippen LogP contribution in [-0.2, 0) is 0 Å². The lowest BCUT2D eigenvalue weighted by Gasteiger charge is -2.42. The minimum atomic E-state index is 0.133. The van der Waals surface area contributed by atoms with Crippen LogP contribution in [0, 0.1) is 5.92 Å². The summed E-state index contributed by atoms with van der Waals surface area (Å²) in [4.78, 5) is 15.4. The van der Waals surface area contributed by atoms with Gasteiger partial charge in [-0.05, 0) is 58.2 Å². The van der Waals surface area contributed by atoms with Crippen molar-refractivity contribution in [2.24, 2.45) is 5.92 Å². The standard InChI is InChI=1S/C19H27NO2/c1-14(2)22-18-10-3-6-15(12-18)19(21)16-7-5-11-20(13-16)17-8-4-9-17/h3,6,10,12,14,16-17H,4-5,7-9,11,13H2,1-2H3/t16-/m0/s1. The lowest BCUT2D eigenvalue weighted by Crippen LogP contribution is -2.47. The molecule has 1 heterocycles. The highest BCUT2D eigenvalue weighted by molar-refractivity contribution is 5.98. The van der Waals surface area contributed by atoms with Crippen LogP contribution in [0.5, 0.6) is 5.75 Å². The number of ketones is 1. The largest absolute Gasteiger partial charge is 0.491 e. The van der Waals surface area contributed by atoms with Gasteiger partial charge in [-0.15, -0.1) is 0 Å². The molecule has 0 aromatic heterocycles. The summed E-state index contributed by atoms with van der Waals surface area (Å²) in [6, 6.07) is 8.43. The second-order valence-corrected chi connectivity index (χ2v) is 6.98. The van der Waals surface area contributed by atoms with Gasteiger partial charge >= 0.3 is 0 Å². The van der Waals surface area contributed by atoms with Crippen molar-refractivity contribution >= 4 is 5.78 Å². The van der Waals surface area contributed by atoms with Gasteiger partial charge in [-0.25, -0.2) is 0 Å². The van der Waals surface area contributed by atoms with E-state index in [1.165, 1.54) is 25.8 Å². The molecule has 1 saturated carbocycles. The van der Waals surface area contributed by atoms with E-state index in [-0.39, 0.29) is 12.0 Å². The van der Waals surface area contributed by atoms with Crippen molar-refractivity contribution in [2.45, 2.75) is 58.1 Å². The lowest BCUT2D eigenvalue weighted by molar-refractivity contribution is 0.0612. The van der Waals surface area contributed by atoms with Gasteiger partial charge in [0.05, 0.1) is 6.10 Å². The number of Topliss-reactive ketones (excluding diaryl/α,β-unsaturated/α-hetero) is 1. The normalized spacial score (nSPS) is 23.3. The van der Waals surface area contributed by atoms with Gasteiger partial charge in [0.1, 0.15) is 5.75 Å². The maximum absolute atomic E-state index is 12.8. The average Bonchev–Trinajstić information content (AvgIpc) is 2.44. The molecule has 0 unspecified atom stereocenters. The van der Waals surface area contributed by atoms with E-state index in [4.69, 9.17) is 4.74 Å². The summed E-state index contributed by atoms with van der Waals surface area (Å²) < 4.78 is 5.72. The van der Waals surface area contributed by atoms with E-state index in [0.717, 1.165) is 36.7 Å². The van der Waals surface area contributed by atoms with Crippen LogP contribution >= 0.6 is 0 Å². The van der Waals surface area contributed by atoms with Crippen molar-refractivity contribution in [1.82, 2.24) is 4.90 Å². The SMILES string of the molecule is CC(C)Oc1cccc(C(=O)[C@H]2CCCN(C3CCC3)C2)c1. The summed E-state index contributed by atoms with van der Waals surface area (Å²) in [5.41, 5.74) is 0.804. The Morgan fingerprint density at radius 3 is 2.73 bits per heavy atom. The van der Waals surface area contributed by atoms with E-state index >= 15 is 0 Å². The number of likely N-dealkylation sites (tertiary alicyclic amines) is 1. The fraction of sp³-hybridized carbons (Fsp3) is 0.632. The summed E-state index contributed by atoms with van der Waals surface area (Å²) in [5, 5.41) is 0. The quantitative estimate of drug-likeness (QED) is 0.772. The first-order chi connectivity index (χ1) is 10.6. The predicted octanol–water partition coefficient (Wildman–Crippen LogP) is 3.92. The molecule has 2 aliphatic rings. The molecule has 1 aliphatic heterocycles. The van der Waals surface area contributed by atoms with Crippen molar-refractivity contribution in [3.05, 3.63) is 29.8 Å². The lowest BCUT2D eigenvalue weighted by atomic mass is 9.85. The molecule has 0 N–H and O–H groups in total. The fourth-order valence-corrected chi connectivity index (χ4v) is 3.53. The zero-order valence-electron chi connectivity index (χ0n) is 13.8. The van der Waals surface area contributed by atoms with E-state index in [1.54, 1.807) is 0 Å². The summed E-state index contributed by atoms with van der Waals surface area (Å²) in [7, 11) is 0.